The standard InChI is InChI=1S/C15H14ClFN6O/c1-10-13(16)7-22(20-10)8-14(24)19-15-18-9-23(21-15)6-11-3-2-4-12(17)5-11/h2-5,7,9H,6,8H2,1H3,(H,19,21,24). The van der Waals surface area contributed by atoms with Gasteiger partial charge in [-0.3, -0.25) is 14.8 Å². The molecule has 0 fully saturated rings. The second-order valence-corrected chi connectivity index (χ2v) is 5.61. The predicted molar refractivity (Wildman–Crippen MR) is 86.1 cm³/mol. The second-order valence-electron chi connectivity index (χ2n) is 5.20. The van der Waals surface area contributed by atoms with Gasteiger partial charge in [0.25, 0.3) is 0 Å². The number of hydrogen-bond acceptors (Lipinski definition) is 4. The number of hydrogen-bond donors (Lipinski definition) is 1. The summed E-state index contributed by atoms with van der Waals surface area (Å²) >= 11 is 5.89. The molecule has 0 bridgehead atoms. The summed E-state index contributed by atoms with van der Waals surface area (Å²) in [5, 5.41) is 11.3. The highest BCUT2D eigenvalue weighted by Gasteiger charge is 2.10. The van der Waals surface area contributed by atoms with Crippen LogP contribution in [0.3, 0.4) is 0 Å². The van der Waals surface area contributed by atoms with Crippen LogP contribution < -0.4 is 5.32 Å². The van der Waals surface area contributed by atoms with Crippen molar-refractivity contribution in [3.8, 4) is 0 Å². The monoisotopic (exact) mass is 348 g/mol. The fourth-order valence-corrected chi connectivity index (χ4v) is 2.29. The zero-order valence-corrected chi connectivity index (χ0v) is 13.5. The van der Waals surface area contributed by atoms with Gasteiger partial charge in [-0.1, -0.05) is 23.7 Å². The van der Waals surface area contributed by atoms with Gasteiger partial charge in [0.1, 0.15) is 18.7 Å². The summed E-state index contributed by atoms with van der Waals surface area (Å²) in [4.78, 5) is 16.0. The Morgan fingerprint density at radius 2 is 2.17 bits per heavy atom. The lowest BCUT2D eigenvalue weighted by molar-refractivity contribution is -0.116. The predicted octanol–water partition coefficient (Wildman–Crippen LogP) is 2.26. The minimum atomic E-state index is -0.322. The van der Waals surface area contributed by atoms with E-state index in [1.54, 1.807) is 25.3 Å². The molecule has 0 saturated carbocycles. The molecule has 0 unspecified atom stereocenters. The topological polar surface area (TPSA) is 77.6 Å². The maximum absolute atomic E-state index is 13.2. The molecule has 0 spiro atoms. The third kappa shape index (κ3) is 3.96. The number of aryl methyl sites for hydroxylation is 1. The Bertz CT molecular complexity index is 855. The largest absolute Gasteiger partial charge is 0.292 e. The van der Waals surface area contributed by atoms with Crippen molar-refractivity contribution in [2.75, 3.05) is 5.32 Å². The number of nitrogens with zero attached hydrogens (tertiary/aromatic N) is 5. The first-order valence-electron chi connectivity index (χ1n) is 7.13. The van der Waals surface area contributed by atoms with Crippen LogP contribution in [-0.2, 0) is 17.9 Å². The third-order valence-electron chi connectivity index (χ3n) is 3.21. The number of amides is 1. The number of rotatable bonds is 5. The molecule has 0 aliphatic carbocycles. The molecule has 124 valence electrons. The van der Waals surface area contributed by atoms with Crippen LogP contribution in [0.4, 0.5) is 10.3 Å². The normalized spacial score (nSPS) is 10.8. The highest BCUT2D eigenvalue weighted by Crippen LogP contribution is 2.12. The fraction of sp³-hybridized carbons (Fsp3) is 0.200. The maximum Gasteiger partial charge on any atom is 0.248 e. The van der Waals surface area contributed by atoms with Crippen molar-refractivity contribution >= 4 is 23.5 Å². The van der Waals surface area contributed by atoms with Crippen LogP contribution >= 0.6 is 11.6 Å². The average Bonchev–Trinajstić information content (AvgIpc) is 3.06. The van der Waals surface area contributed by atoms with Crippen LogP contribution in [0, 0.1) is 12.7 Å². The van der Waals surface area contributed by atoms with E-state index in [-0.39, 0.29) is 24.2 Å². The molecule has 0 atom stereocenters. The van der Waals surface area contributed by atoms with Crippen LogP contribution in [0.25, 0.3) is 0 Å². The van der Waals surface area contributed by atoms with Gasteiger partial charge in [-0.15, -0.1) is 5.10 Å². The maximum atomic E-state index is 13.2. The third-order valence-corrected chi connectivity index (χ3v) is 3.58. The summed E-state index contributed by atoms with van der Waals surface area (Å²) in [5.41, 5.74) is 1.40. The van der Waals surface area contributed by atoms with Crippen molar-refractivity contribution in [1.29, 1.82) is 0 Å². The van der Waals surface area contributed by atoms with Crippen molar-refractivity contribution in [2.24, 2.45) is 0 Å². The molecule has 0 aliphatic heterocycles. The van der Waals surface area contributed by atoms with Crippen molar-refractivity contribution in [3.63, 3.8) is 0 Å². The van der Waals surface area contributed by atoms with Crippen molar-refractivity contribution in [1.82, 2.24) is 24.5 Å². The molecular weight excluding hydrogens is 335 g/mol. The van der Waals surface area contributed by atoms with E-state index >= 15 is 0 Å². The smallest absolute Gasteiger partial charge is 0.248 e. The van der Waals surface area contributed by atoms with E-state index in [9.17, 15) is 9.18 Å². The summed E-state index contributed by atoms with van der Waals surface area (Å²) in [6.07, 6.45) is 3.04. The number of nitrogens with one attached hydrogen (secondary N) is 1. The number of halogens is 2. The number of benzene rings is 1. The van der Waals surface area contributed by atoms with Crippen LogP contribution in [0.15, 0.2) is 36.8 Å². The highest BCUT2D eigenvalue weighted by atomic mass is 35.5. The summed E-state index contributed by atoms with van der Waals surface area (Å²) in [6.45, 7) is 2.12. The summed E-state index contributed by atoms with van der Waals surface area (Å²) in [6, 6.07) is 6.21. The van der Waals surface area contributed by atoms with E-state index in [2.05, 4.69) is 20.5 Å². The molecule has 3 rings (SSSR count). The number of anilines is 1. The molecule has 1 amide bonds. The first kappa shape index (κ1) is 16.1. The van der Waals surface area contributed by atoms with Gasteiger partial charge in [-0.05, 0) is 24.6 Å². The van der Waals surface area contributed by atoms with Crippen LogP contribution in [0.5, 0.6) is 0 Å². The SMILES string of the molecule is Cc1nn(CC(=O)Nc2ncn(Cc3cccc(F)c3)n2)cc1Cl. The van der Waals surface area contributed by atoms with Gasteiger partial charge in [0.05, 0.1) is 17.3 Å². The number of aromatic nitrogens is 5. The van der Waals surface area contributed by atoms with E-state index in [4.69, 9.17) is 11.6 Å². The summed E-state index contributed by atoms with van der Waals surface area (Å²) < 4.78 is 16.1. The van der Waals surface area contributed by atoms with Gasteiger partial charge in [0, 0.05) is 6.20 Å². The Labute approximate surface area is 142 Å². The lowest BCUT2D eigenvalue weighted by Gasteiger charge is -2.02. The van der Waals surface area contributed by atoms with Gasteiger partial charge in [-0.25, -0.2) is 14.1 Å². The van der Waals surface area contributed by atoms with Gasteiger partial charge in [-0.2, -0.15) is 5.10 Å². The molecule has 2 aromatic heterocycles. The molecule has 2 heterocycles. The number of carbonyl (C=O) groups excluding carboxylic acids is 1. The van der Waals surface area contributed by atoms with E-state index in [0.29, 0.717) is 17.3 Å². The molecule has 7 nitrogen and oxygen atoms in total. The molecule has 9 heteroatoms. The van der Waals surface area contributed by atoms with Crippen molar-refractivity contribution in [2.45, 2.75) is 20.0 Å². The van der Waals surface area contributed by atoms with Crippen molar-refractivity contribution in [3.05, 3.63) is 58.9 Å². The van der Waals surface area contributed by atoms with E-state index in [0.717, 1.165) is 5.56 Å². The Hall–Kier alpha value is -2.74. The lowest BCUT2D eigenvalue weighted by Crippen LogP contribution is -2.20. The van der Waals surface area contributed by atoms with Crippen LogP contribution in [0.2, 0.25) is 5.02 Å². The minimum Gasteiger partial charge on any atom is -0.292 e. The average molecular weight is 349 g/mol. The van der Waals surface area contributed by atoms with E-state index in [1.807, 2.05) is 0 Å². The van der Waals surface area contributed by atoms with Gasteiger partial charge >= 0.3 is 0 Å². The first-order chi connectivity index (χ1) is 11.5. The molecule has 0 aliphatic rings. The highest BCUT2D eigenvalue weighted by molar-refractivity contribution is 6.31. The minimum absolute atomic E-state index is 0.00595. The van der Waals surface area contributed by atoms with Crippen molar-refractivity contribution < 1.29 is 9.18 Å². The summed E-state index contributed by atoms with van der Waals surface area (Å²) in [5.74, 6) is -0.460. The molecule has 24 heavy (non-hydrogen) atoms. The summed E-state index contributed by atoms with van der Waals surface area (Å²) in [7, 11) is 0. The lowest BCUT2D eigenvalue weighted by atomic mass is 10.2. The van der Waals surface area contributed by atoms with Crippen LogP contribution in [-0.4, -0.2) is 30.5 Å². The molecular formula is C15H14ClFN6O. The second kappa shape index (κ2) is 6.79. The van der Waals surface area contributed by atoms with Gasteiger partial charge in [0.2, 0.25) is 11.9 Å². The quantitative estimate of drug-likeness (QED) is 0.767. The number of carbonyl (C=O) groups is 1. The molecule has 3 aromatic rings. The zero-order chi connectivity index (χ0) is 17.1. The first-order valence-corrected chi connectivity index (χ1v) is 7.51. The van der Waals surface area contributed by atoms with E-state index < -0.39 is 0 Å². The Morgan fingerprint density at radius 1 is 1.33 bits per heavy atom. The fourth-order valence-electron chi connectivity index (χ4n) is 2.14. The van der Waals surface area contributed by atoms with Gasteiger partial charge < -0.3 is 0 Å². The Morgan fingerprint density at radius 3 is 2.88 bits per heavy atom. The Kier molecular flexibility index (Phi) is 4.57. The molecule has 0 saturated heterocycles. The van der Waals surface area contributed by atoms with Gasteiger partial charge in [0.15, 0.2) is 0 Å². The Balaban J connectivity index is 1.60. The zero-order valence-electron chi connectivity index (χ0n) is 12.8. The molecule has 1 N–H and O–H groups in total. The van der Waals surface area contributed by atoms with Crippen LogP contribution in [0.1, 0.15) is 11.3 Å². The van der Waals surface area contributed by atoms with E-state index in [1.165, 1.54) is 27.8 Å². The molecule has 1 aromatic carbocycles. The molecule has 0 radical (unpaired) electrons.